The minimum atomic E-state index is -1.28. The summed E-state index contributed by atoms with van der Waals surface area (Å²) in [7, 11) is 1.53. The molecule has 0 unspecified atom stereocenters. The van der Waals surface area contributed by atoms with Gasteiger partial charge in [-0.25, -0.2) is 4.79 Å². The van der Waals surface area contributed by atoms with Gasteiger partial charge in [0.2, 0.25) is 0 Å². The molecule has 3 amide bonds. The number of benzene rings is 2. The highest BCUT2D eigenvalue weighted by atomic mass is 16.5. The van der Waals surface area contributed by atoms with Crippen molar-refractivity contribution in [3.05, 3.63) is 53.6 Å². The number of nitrogens with one attached hydrogen (secondary N) is 1. The summed E-state index contributed by atoms with van der Waals surface area (Å²) in [4.78, 5) is 25.0. The first-order chi connectivity index (χ1) is 12.4. The smallest absolute Gasteiger partial charge is 0.346 e. The minimum Gasteiger partial charge on any atom is -0.504 e. The van der Waals surface area contributed by atoms with Crippen molar-refractivity contribution < 1.29 is 24.5 Å². The van der Waals surface area contributed by atoms with Gasteiger partial charge in [0.25, 0.3) is 5.91 Å². The third kappa shape index (κ3) is 2.81. The molecule has 3 rings (SSSR count). The van der Waals surface area contributed by atoms with E-state index in [1.807, 2.05) is 0 Å². The van der Waals surface area contributed by atoms with Gasteiger partial charge in [0.15, 0.2) is 11.5 Å². The normalized spacial score (nSPS) is 19.8. The maximum absolute atomic E-state index is 12.8. The predicted octanol–water partition coefficient (Wildman–Crippen LogP) is 1.91. The Hall–Kier alpha value is -3.55. The van der Waals surface area contributed by atoms with Crippen LogP contribution in [0.25, 0.3) is 0 Å². The third-order valence-corrected chi connectivity index (χ3v) is 4.19. The van der Waals surface area contributed by atoms with E-state index in [9.17, 15) is 19.8 Å². The molecule has 134 valence electrons. The van der Waals surface area contributed by atoms with Crippen molar-refractivity contribution in [2.24, 2.45) is 5.10 Å². The average molecular weight is 355 g/mol. The van der Waals surface area contributed by atoms with E-state index >= 15 is 0 Å². The summed E-state index contributed by atoms with van der Waals surface area (Å²) in [5.41, 5.74) is -0.528. The molecule has 1 aliphatic heterocycles. The van der Waals surface area contributed by atoms with Gasteiger partial charge in [0.05, 0.1) is 13.3 Å². The average Bonchev–Trinajstić information content (AvgIpc) is 2.86. The SMILES string of the molecule is COc1ccc([C@]2(C)NC(=O)N(/N=C/c3cccc(O)c3O)C2=O)cc1. The highest BCUT2D eigenvalue weighted by molar-refractivity contribution is 6.07. The zero-order chi connectivity index (χ0) is 18.9. The van der Waals surface area contributed by atoms with Crippen LogP contribution in [-0.4, -0.2) is 40.5 Å². The second kappa shape index (κ2) is 6.40. The molecule has 1 atom stereocenters. The van der Waals surface area contributed by atoms with Crippen LogP contribution in [0.3, 0.4) is 0 Å². The summed E-state index contributed by atoms with van der Waals surface area (Å²) >= 11 is 0. The van der Waals surface area contributed by atoms with E-state index in [2.05, 4.69) is 10.4 Å². The number of nitrogens with zero attached hydrogens (tertiary/aromatic N) is 2. The number of phenolic OH excluding ortho intramolecular Hbond substituents is 2. The number of imide groups is 1. The van der Waals surface area contributed by atoms with Gasteiger partial charge in [-0.2, -0.15) is 5.10 Å². The van der Waals surface area contributed by atoms with Crippen LogP contribution in [0.2, 0.25) is 0 Å². The van der Waals surface area contributed by atoms with Crippen LogP contribution in [0, 0.1) is 0 Å². The topological polar surface area (TPSA) is 111 Å². The lowest BCUT2D eigenvalue weighted by molar-refractivity contribution is -0.131. The van der Waals surface area contributed by atoms with Crippen molar-refractivity contribution in [1.29, 1.82) is 0 Å². The Morgan fingerprint density at radius 2 is 1.85 bits per heavy atom. The fourth-order valence-corrected chi connectivity index (χ4v) is 2.62. The Morgan fingerprint density at radius 3 is 2.50 bits per heavy atom. The predicted molar refractivity (Wildman–Crippen MR) is 93.1 cm³/mol. The van der Waals surface area contributed by atoms with Crippen molar-refractivity contribution in [2.75, 3.05) is 7.11 Å². The first-order valence-corrected chi connectivity index (χ1v) is 7.73. The summed E-state index contributed by atoms with van der Waals surface area (Å²) in [6, 6.07) is 10.4. The lowest BCUT2D eigenvalue weighted by Gasteiger charge is -2.21. The number of urea groups is 1. The Balaban J connectivity index is 1.88. The molecule has 0 spiro atoms. The van der Waals surface area contributed by atoms with Crippen molar-refractivity contribution in [1.82, 2.24) is 10.3 Å². The van der Waals surface area contributed by atoms with E-state index in [0.717, 1.165) is 6.21 Å². The molecule has 1 fully saturated rings. The number of methoxy groups -OCH3 is 1. The molecule has 0 radical (unpaired) electrons. The van der Waals surface area contributed by atoms with E-state index in [-0.39, 0.29) is 17.1 Å². The first kappa shape index (κ1) is 17.3. The van der Waals surface area contributed by atoms with Crippen LogP contribution < -0.4 is 10.1 Å². The number of rotatable bonds is 4. The Bertz CT molecular complexity index is 894. The van der Waals surface area contributed by atoms with Gasteiger partial charge in [-0.05, 0) is 36.8 Å². The largest absolute Gasteiger partial charge is 0.504 e. The zero-order valence-corrected chi connectivity index (χ0v) is 14.1. The standard InChI is InChI=1S/C18H17N3O5/c1-18(12-6-8-13(26-2)9-7-12)16(24)21(17(25)20-18)19-10-11-4-3-5-14(22)15(11)23/h3-10,22-23H,1-2H3,(H,20,25)/b19-10+/t18-/m0/s1. The number of carbonyl (C=O) groups is 2. The Kier molecular flexibility index (Phi) is 4.25. The van der Waals surface area contributed by atoms with E-state index in [1.54, 1.807) is 31.2 Å². The van der Waals surface area contributed by atoms with E-state index in [0.29, 0.717) is 16.3 Å². The molecule has 1 aliphatic rings. The molecule has 2 aromatic carbocycles. The fourth-order valence-electron chi connectivity index (χ4n) is 2.62. The summed E-state index contributed by atoms with van der Waals surface area (Å²) in [6.45, 7) is 1.58. The quantitative estimate of drug-likeness (QED) is 0.441. The fraction of sp³-hybridized carbons (Fsp3) is 0.167. The number of amides is 3. The summed E-state index contributed by atoms with van der Waals surface area (Å²) in [5, 5.41) is 26.4. The molecule has 1 saturated heterocycles. The molecular formula is C18H17N3O5. The zero-order valence-electron chi connectivity index (χ0n) is 14.1. The molecule has 8 nitrogen and oxygen atoms in total. The van der Waals surface area contributed by atoms with Gasteiger partial charge >= 0.3 is 6.03 Å². The highest BCUT2D eigenvalue weighted by Crippen LogP contribution is 2.31. The van der Waals surface area contributed by atoms with Gasteiger partial charge in [-0.15, -0.1) is 5.01 Å². The first-order valence-electron chi connectivity index (χ1n) is 7.73. The maximum Gasteiger partial charge on any atom is 0.346 e. The Labute approximate surface area is 149 Å². The van der Waals surface area contributed by atoms with Crippen molar-refractivity contribution in [3.63, 3.8) is 0 Å². The van der Waals surface area contributed by atoms with Gasteiger partial charge in [-0.1, -0.05) is 18.2 Å². The number of aromatic hydroxyl groups is 2. The number of hydrogen-bond acceptors (Lipinski definition) is 6. The van der Waals surface area contributed by atoms with Gasteiger partial charge in [0, 0.05) is 5.56 Å². The summed E-state index contributed by atoms with van der Waals surface area (Å²) in [5.74, 6) is -0.651. The number of para-hydroxylation sites is 1. The summed E-state index contributed by atoms with van der Waals surface area (Å²) in [6.07, 6.45) is 1.13. The summed E-state index contributed by atoms with van der Waals surface area (Å²) < 4.78 is 5.09. The van der Waals surface area contributed by atoms with E-state index < -0.39 is 17.5 Å². The van der Waals surface area contributed by atoms with Crippen molar-refractivity contribution in [3.8, 4) is 17.2 Å². The van der Waals surface area contributed by atoms with Crippen molar-refractivity contribution in [2.45, 2.75) is 12.5 Å². The van der Waals surface area contributed by atoms with Gasteiger partial charge in [0.1, 0.15) is 11.3 Å². The van der Waals surface area contributed by atoms with Crippen LogP contribution in [-0.2, 0) is 10.3 Å². The van der Waals surface area contributed by atoms with Crippen LogP contribution in [0.4, 0.5) is 4.79 Å². The van der Waals surface area contributed by atoms with Crippen LogP contribution in [0.15, 0.2) is 47.6 Å². The second-order valence-electron chi connectivity index (χ2n) is 5.86. The minimum absolute atomic E-state index is 0.170. The molecular weight excluding hydrogens is 338 g/mol. The Morgan fingerprint density at radius 1 is 1.15 bits per heavy atom. The van der Waals surface area contributed by atoms with E-state index in [1.165, 1.54) is 25.3 Å². The number of carbonyl (C=O) groups excluding carboxylic acids is 2. The lowest BCUT2D eigenvalue weighted by atomic mass is 9.92. The van der Waals surface area contributed by atoms with Crippen molar-refractivity contribution >= 4 is 18.2 Å². The van der Waals surface area contributed by atoms with Crippen LogP contribution in [0.5, 0.6) is 17.2 Å². The molecule has 3 N–H and O–H groups in total. The monoisotopic (exact) mass is 355 g/mol. The number of phenols is 2. The van der Waals surface area contributed by atoms with E-state index in [4.69, 9.17) is 4.74 Å². The second-order valence-corrected chi connectivity index (χ2v) is 5.86. The maximum atomic E-state index is 12.8. The number of hydrogen-bond donors (Lipinski definition) is 3. The molecule has 0 bridgehead atoms. The van der Waals surface area contributed by atoms with Gasteiger partial charge in [-0.3, -0.25) is 4.79 Å². The molecule has 2 aromatic rings. The lowest BCUT2D eigenvalue weighted by Crippen LogP contribution is -2.40. The number of ether oxygens (including phenoxy) is 1. The van der Waals surface area contributed by atoms with Crippen LogP contribution in [0.1, 0.15) is 18.1 Å². The molecule has 0 aromatic heterocycles. The molecule has 26 heavy (non-hydrogen) atoms. The molecule has 0 saturated carbocycles. The molecule has 1 heterocycles. The molecule has 0 aliphatic carbocycles. The van der Waals surface area contributed by atoms with Crippen LogP contribution >= 0.6 is 0 Å². The molecule has 8 heteroatoms. The third-order valence-electron chi connectivity index (χ3n) is 4.19. The van der Waals surface area contributed by atoms with Gasteiger partial charge < -0.3 is 20.3 Å². The highest BCUT2D eigenvalue weighted by Gasteiger charge is 2.49. The number of hydrazone groups is 1.